The number of nitrogens with zero attached hydrogens (tertiary/aromatic N) is 2. The fourth-order valence-corrected chi connectivity index (χ4v) is 4.42. The third-order valence-corrected chi connectivity index (χ3v) is 5.94. The van der Waals surface area contributed by atoms with Crippen LogP contribution in [-0.4, -0.2) is 39.8 Å². The lowest BCUT2D eigenvalue weighted by Crippen LogP contribution is -2.48. The van der Waals surface area contributed by atoms with Crippen LogP contribution in [0.15, 0.2) is 60.9 Å². The summed E-state index contributed by atoms with van der Waals surface area (Å²) in [4.78, 5) is 35.2. The first-order chi connectivity index (χ1) is 13.7. The van der Waals surface area contributed by atoms with Crippen molar-refractivity contribution in [3.8, 4) is 11.4 Å². The summed E-state index contributed by atoms with van der Waals surface area (Å²) in [6, 6.07) is 15.4. The number of hydrogen-bond donors (Lipinski definition) is 2. The molecule has 0 saturated carbocycles. The van der Waals surface area contributed by atoms with Crippen molar-refractivity contribution < 1.29 is 9.59 Å². The van der Waals surface area contributed by atoms with E-state index in [9.17, 15) is 9.59 Å². The summed E-state index contributed by atoms with van der Waals surface area (Å²) in [6.07, 6.45) is 4.68. The predicted molar refractivity (Wildman–Crippen MR) is 106 cm³/mol. The summed E-state index contributed by atoms with van der Waals surface area (Å²) in [5.41, 5.74) is 2.86. The van der Waals surface area contributed by atoms with Gasteiger partial charge >= 0.3 is 0 Å². The molecular weight excluding hydrogens is 352 g/mol. The number of rotatable bonds is 2. The fourth-order valence-electron chi connectivity index (χ4n) is 4.42. The molecule has 1 spiro atoms. The van der Waals surface area contributed by atoms with Crippen molar-refractivity contribution in [2.45, 2.75) is 18.3 Å². The van der Waals surface area contributed by atoms with Crippen LogP contribution in [0.2, 0.25) is 0 Å². The summed E-state index contributed by atoms with van der Waals surface area (Å²) >= 11 is 0. The second kappa shape index (κ2) is 6.34. The molecule has 28 heavy (non-hydrogen) atoms. The van der Waals surface area contributed by atoms with Crippen molar-refractivity contribution >= 4 is 17.5 Å². The molecule has 2 N–H and O–H groups in total. The van der Waals surface area contributed by atoms with Gasteiger partial charge in [0.25, 0.3) is 5.91 Å². The van der Waals surface area contributed by atoms with E-state index in [1.54, 1.807) is 12.4 Å². The smallest absolute Gasteiger partial charge is 0.254 e. The number of para-hydroxylation sites is 1. The summed E-state index contributed by atoms with van der Waals surface area (Å²) < 4.78 is 0. The summed E-state index contributed by atoms with van der Waals surface area (Å²) in [5.74, 6) is 0.715. The van der Waals surface area contributed by atoms with Crippen molar-refractivity contribution in [2.75, 3.05) is 18.4 Å². The number of likely N-dealkylation sites (tertiary alicyclic amines) is 1. The van der Waals surface area contributed by atoms with Crippen LogP contribution in [0.25, 0.3) is 11.4 Å². The minimum Gasteiger partial charge on any atom is -0.345 e. The van der Waals surface area contributed by atoms with Gasteiger partial charge in [-0.2, -0.15) is 0 Å². The SMILES string of the molecule is O=C(c1ccccc1-c1ncc[nH]1)N1CCC2(CC1)C(=O)Nc1ccccc12. The minimum absolute atomic E-state index is 0.0199. The summed E-state index contributed by atoms with van der Waals surface area (Å²) in [6.45, 7) is 1.10. The quantitative estimate of drug-likeness (QED) is 0.725. The Kier molecular flexibility index (Phi) is 3.79. The van der Waals surface area contributed by atoms with Gasteiger partial charge < -0.3 is 15.2 Å². The van der Waals surface area contributed by atoms with Crippen LogP contribution < -0.4 is 5.32 Å². The van der Waals surface area contributed by atoms with E-state index in [1.165, 1.54) is 0 Å². The average molecular weight is 372 g/mol. The molecule has 1 aromatic heterocycles. The molecule has 0 radical (unpaired) electrons. The normalized spacial score (nSPS) is 17.4. The molecule has 0 aliphatic carbocycles. The van der Waals surface area contributed by atoms with Gasteiger partial charge in [-0.15, -0.1) is 0 Å². The Bertz CT molecular complexity index is 1050. The highest BCUT2D eigenvalue weighted by molar-refractivity contribution is 6.06. The van der Waals surface area contributed by atoms with Crippen LogP contribution in [0, 0.1) is 0 Å². The molecule has 6 heteroatoms. The van der Waals surface area contributed by atoms with E-state index in [0.29, 0.717) is 37.3 Å². The van der Waals surface area contributed by atoms with E-state index in [1.807, 2.05) is 53.4 Å². The fraction of sp³-hybridized carbons (Fsp3) is 0.227. The van der Waals surface area contributed by atoms with E-state index in [2.05, 4.69) is 15.3 Å². The lowest BCUT2D eigenvalue weighted by Gasteiger charge is -2.38. The van der Waals surface area contributed by atoms with Crippen molar-refractivity contribution in [3.63, 3.8) is 0 Å². The number of amides is 2. The van der Waals surface area contributed by atoms with Crippen LogP contribution in [0.4, 0.5) is 5.69 Å². The number of hydrogen-bond acceptors (Lipinski definition) is 3. The van der Waals surface area contributed by atoms with Crippen molar-refractivity contribution in [3.05, 3.63) is 72.1 Å². The largest absolute Gasteiger partial charge is 0.345 e. The van der Waals surface area contributed by atoms with Crippen molar-refractivity contribution in [2.24, 2.45) is 0 Å². The summed E-state index contributed by atoms with van der Waals surface area (Å²) in [7, 11) is 0. The molecule has 0 bridgehead atoms. The highest BCUT2D eigenvalue weighted by atomic mass is 16.2. The molecule has 1 fully saturated rings. The van der Waals surface area contributed by atoms with Crippen molar-refractivity contribution in [1.82, 2.24) is 14.9 Å². The van der Waals surface area contributed by atoms with Gasteiger partial charge in [0.2, 0.25) is 5.91 Å². The summed E-state index contributed by atoms with van der Waals surface area (Å²) in [5, 5.41) is 3.01. The third-order valence-electron chi connectivity index (χ3n) is 5.94. The number of imidazole rings is 1. The predicted octanol–water partition coefficient (Wildman–Crippen LogP) is 3.20. The first-order valence-electron chi connectivity index (χ1n) is 9.48. The van der Waals surface area contributed by atoms with Crippen LogP contribution in [0.5, 0.6) is 0 Å². The number of benzene rings is 2. The van der Waals surface area contributed by atoms with Gasteiger partial charge in [0.1, 0.15) is 5.82 Å². The maximum atomic E-state index is 13.2. The van der Waals surface area contributed by atoms with Crippen LogP contribution in [0.3, 0.4) is 0 Å². The molecule has 3 aromatic rings. The molecule has 1 saturated heterocycles. The Morgan fingerprint density at radius 3 is 2.57 bits per heavy atom. The molecule has 2 amide bonds. The Balaban J connectivity index is 1.40. The van der Waals surface area contributed by atoms with Gasteiger partial charge in [-0.25, -0.2) is 4.98 Å². The molecule has 0 unspecified atom stereocenters. The first kappa shape index (κ1) is 16.7. The molecule has 5 rings (SSSR count). The monoisotopic (exact) mass is 372 g/mol. The average Bonchev–Trinajstić information content (AvgIpc) is 3.36. The Hall–Kier alpha value is -3.41. The van der Waals surface area contributed by atoms with Gasteiger partial charge in [-0.1, -0.05) is 36.4 Å². The second-order valence-electron chi connectivity index (χ2n) is 7.36. The maximum absolute atomic E-state index is 13.2. The highest BCUT2D eigenvalue weighted by Crippen LogP contribution is 2.45. The van der Waals surface area contributed by atoms with Gasteiger partial charge in [-0.05, 0) is 30.5 Å². The topological polar surface area (TPSA) is 78.1 Å². The van der Waals surface area contributed by atoms with Gasteiger partial charge in [0, 0.05) is 36.7 Å². The van der Waals surface area contributed by atoms with E-state index in [-0.39, 0.29) is 11.8 Å². The maximum Gasteiger partial charge on any atom is 0.254 e. The van der Waals surface area contributed by atoms with Crippen LogP contribution in [0.1, 0.15) is 28.8 Å². The van der Waals surface area contributed by atoms with Crippen molar-refractivity contribution in [1.29, 1.82) is 0 Å². The van der Waals surface area contributed by atoms with E-state index in [4.69, 9.17) is 0 Å². The molecule has 2 aliphatic heterocycles. The zero-order chi connectivity index (χ0) is 19.1. The number of aromatic nitrogens is 2. The number of anilines is 1. The Morgan fingerprint density at radius 1 is 1.04 bits per heavy atom. The Morgan fingerprint density at radius 2 is 1.79 bits per heavy atom. The zero-order valence-electron chi connectivity index (χ0n) is 15.3. The number of fused-ring (bicyclic) bond motifs is 2. The molecule has 2 aliphatic rings. The highest BCUT2D eigenvalue weighted by Gasteiger charge is 2.48. The first-order valence-corrected chi connectivity index (χ1v) is 9.48. The number of aromatic amines is 1. The molecule has 3 heterocycles. The number of carbonyl (C=O) groups excluding carboxylic acids is 2. The van der Waals surface area contributed by atoms with Crippen LogP contribution >= 0.6 is 0 Å². The molecule has 2 aromatic carbocycles. The van der Waals surface area contributed by atoms with Gasteiger partial charge in [0.15, 0.2) is 0 Å². The third kappa shape index (κ3) is 2.45. The lowest BCUT2D eigenvalue weighted by atomic mass is 9.73. The Labute approximate surface area is 162 Å². The van der Waals surface area contributed by atoms with Gasteiger partial charge in [-0.3, -0.25) is 9.59 Å². The zero-order valence-corrected chi connectivity index (χ0v) is 15.3. The number of nitrogens with one attached hydrogen (secondary N) is 2. The standard InChI is InChI=1S/C22H20N4O2/c27-20(16-6-2-1-5-15(16)19-23-11-12-24-19)26-13-9-22(10-14-26)17-7-3-4-8-18(17)25-21(22)28/h1-8,11-12H,9-10,13-14H2,(H,23,24)(H,25,28). The number of carbonyl (C=O) groups is 2. The van der Waals surface area contributed by atoms with E-state index in [0.717, 1.165) is 16.8 Å². The minimum atomic E-state index is -0.520. The van der Waals surface area contributed by atoms with Gasteiger partial charge in [0.05, 0.1) is 11.0 Å². The second-order valence-corrected chi connectivity index (χ2v) is 7.36. The number of H-pyrrole nitrogens is 1. The van der Waals surface area contributed by atoms with E-state index < -0.39 is 5.41 Å². The van der Waals surface area contributed by atoms with Crippen LogP contribution in [-0.2, 0) is 10.2 Å². The molecule has 6 nitrogen and oxygen atoms in total. The number of piperidine rings is 1. The van der Waals surface area contributed by atoms with E-state index >= 15 is 0 Å². The molecular formula is C22H20N4O2. The lowest BCUT2D eigenvalue weighted by molar-refractivity contribution is -0.122. The molecule has 0 atom stereocenters. The molecule has 140 valence electrons.